The molecule has 0 saturated carbocycles. The van der Waals surface area contributed by atoms with Crippen LogP contribution in [0.4, 0.5) is 42.1 Å². The number of anilines is 2. The normalized spacial score (nSPS) is 12.7. The van der Waals surface area contributed by atoms with Gasteiger partial charge in [-0.2, -0.15) is 26.3 Å². The summed E-state index contributed by atoms with van der Waals surface area (Å²) in [5, 5.41) is 1.98. The van der Waals surface area contributed by atoms with E-state index < -0.39 is 45.2 Å². The second-order valence-corrected chi connectivity index (χ2v) is 6.94. The SMILES string of the molecule is O=S(=O)(Nc1ccccc1NCC(F)(F)F)c1ccc(F)c(C(F)(F)F)c1. The molecule has 0 spiro atoms. The zero-order valence-electron chi connectivity index (χ0n) is 13.1. The lowest BCUT2D eigenvalue weighted by Gasteiger charge is -2.16. The highest BCUT2D eigenvalue weighted by atomic mass is 32.2. The van der Waals surface area contributed by atoms with Crippen LogP contribution in [-0.4, -0.2) is 21.1 Å². The number of hydrogen-bond donors (Lipinski definition) is 2. The Morgan fingerprint density at radius 2 is 1.48 bits per heavy atom. The van der Waals surface area contributed by atoms with E-state index in [4.69, 9.17) is 0 Å². The Hall–Kier alpha value is -2.50. The number of benzene rings is 2. The van der Waals surface area contributed by atoms with Crippen molar-refractivity contribution in [2.45, 2.75) is 17.2 Å². The molecule has 148 valence electrons. The van der Waals surface area contributed by atoms with Crippen molar-refractivity contribution >= 4 is 21.4 Å². The monoisotopic (exact) mass is 416 g/mol. The molecule has 0 radical (unpaired) electrons. The third-order valence-electron chi connectivity index (χ3n) is 3.20. The molecule has 0 fully saturated rings. The van der Waals surface area contributed by atoms with Crippen LogP contribution in [0.3, 0.4) is 0 Å². The van der Waals surface area contributed by atoms with Crippen LogP contribution >= 0.6 is 0 Å². The third-order valence-corrected chi connectivity index (χ3v) is 4.57. The predicted octanol–water partition coefficient (Wildman–Crippen LogP) is 4.62. The van der Waals surface area contributed by atoms with E-state index in [1.165, 1.54) is 12.1 Å². The summed E-state index contributed by atoms with van der Waals surface area (Å²) in [4.78, 5) is -0.901. The molecule has 0 bridgehead atoms. The number of para-hydroxylation sites is 2. The van der Waals surface area contributed by atoms with E-state index >= 15 is 0 Å². The minimum atomic E-state index is -5.12. The summed E-state index contributed by atoms with van der Waals surface area (Å²) in [5.74, 6) is -1.66. The van der Waals surface area contributed by atoms with Gasteiger partial charge in [0.2, 0.25) is 0 Å². The first kappa shape index (κ1) is 20.8. The molecule has 2 aromatic rings. The van der Waals surface area contributed by atoms with E-state index in [2.05, 4.69) is 0 Å². The quantitative estimate of drug-likeness (QED) is 0.700. The molecule has 0 unspecified atom stereocenters. The smallest absolute Gasteiger partial charge is 0.375 e. The minimum Gasteiger partial charge on any atom is -0.375 e. The van der Waals surface area contributed by atoms with Gasteiger partial charge in [0.25, 0.3) is 10.0 Å². The Morgan fingerprint density at radius 1 is 0.889 bits per heavy atom. The Labute approximate surface area is 149 Å². The second kappa shape index (κ2) is 7.25. The maximum absolute atomic E-state index is 13.3. The van der Waals surface area contributed by atoms with Crippen molar-refractivity contribution in [1.82, 2.24) is 0 Å². The van der Waals surface area contributed by atoms with Gasteiger partial charge in [0.1, 0.15) is 12.4 Å². The Kier molecular flexibility index (Phi) is 5.59. The molecule has 0 aromatic heterocycles. The van der Waals surface area contributed by atoms with Crippen molar-refractivity contribution in [3.05, 3.63) is 53.8 Å². The van der Waals surface area contributed by atoms with Gasteiger partial charge in [-0.15, -0.1) is 0 Å². The van der Waals surface area contributed by atoms with Gasteiger partial charge in [0, 0.05) is 0 Å². The highest BCUT2D eigenvalue weighted by molar-refractivity contribution is 7.92. The van der Waals surface area contributed by atoms with Crippen LogP contribution in [0.15, 0.2) is 47.4 Å². The van der Waals surface area contributed by atoms with Gasteiger partial charge in [-0.3, -0.25) is 4.72 Å². The topological polar surface area (TPSA) is 58.2 Å². The molecule has 2 N–H and O–H groups in total. The summed E-state index contributed by atoms with van der Waals surface area (Å²) < 4.78 is 115. The average Bonchev–Trinajstić information content (AvgIpc) is 2.52. The molecule has 0 heterocycles. The molecular weight excluding hydrogens is 405 g/mol. The third kappa shape index (κ3) is 5.49. The molecule has 2 aromatic carbocycles. The largest absolute Gasteiger partial charge is 0.419 e. The molecule has 0 amide bonds. The summed E-state index contributed by atoms with van der Waals surface area (Å²) in [6.07, 6.45) is -9.70. The first-order valence-electron chi connectivity index (χ1n) is 7.09. The van der Waals surface area contributed by atoms with Gasteiger partial charge in [-0.05, 0) is 30.3 Å². The number of rotatable bonds is 5. The van der Waals surface area contributed by atoms with Crippen molar-refractivity contribution in [2.75, 3.05) is 16.6 Å². The summed E-state index contributed by atoms with van der Waals surface area (Å²) in [6, 6.07) is 5.95. The highest BCUT2D eigenvalue weighted by Gasteiger charge is 2.35. The Balaban J connectivity index is 2.35. The Bertz CT molecular complexity index is 924. The van der Waals surface area contributed by atoms with Crippen molar-refractivity contribution in [2.24, 2.45) is 0 Å². The fraction of sp³-hybridized carbons (Fsp3) is 0.200. The van der Waals surface area contributed by atoms with Crippen LogP contribution in [0.5, 0.6) is 0 Å². The lowest BCUT2D eigenvalue weighted by Crippen LogP contribution is -2.22. The summed E-state index contributed by atoms with van der Waals surface area (Å²) in [5.41, 5.74) is -2.34. The molecule has 0 aliphatic rings. The van der Waals surface area contributed by atoms with E-state index in [-0.39, 0.29) is 17.4 Å². The van der Waals surface area contributed by atoms with Crippen molar-refractivity contribution < 1.29 is 39.2 Å². The molecule has 0 aliphatic heterocycles. The first-order valence-corrected chi connectivity index (χ1v) is 8.57. The number of sulfonamides is 1. The molecule has 2 rings (SSSR count). The summed E-state index contributed by atoms with van der Waals surface area (Å²) in [6.45, 7) is -1.46. The van der Waals surface area contributed by atoms with E-state index in [0.29, 0.717) is 12.1 Å². The van der Waals surface area contributed by atoms with E-state index in [1.54, 1.807) is 0 Å². The highest BCUT2D eigenvalue weighted by Crippen LogP contribution is 2.33. The lowest BCUT2D eigenvalue weighted by atomic mass is 10.2. The van der Waals surface area contributed by atoms with Crippen molar-refractivity contribution in [1.29, 1.82) is 0 Å². The standard InChI is InChI=1S/C15H11F7N2O2S/c16-11-6-5-9(7-10(11)15(20,21)22)27(25,26)24-13-4-2-1-3-12(13)23-8-14(17,18)19/h1-7,23-24H,8H2. The van der Waals surface area contributed by atoms with Gasteiger partial charge in [0.05, 0.1) is 21.8 Å². The van der Waals surface area contributed by atoms with Crippen molar-refractivity contribution in [3.63, 3.8) is 0 Å². The molecule has 0 saturated heterocycles. The molecule has 27 heavy (non-hydrogen) atoms. The van der Waals surface area contributed by atoms with Gasteiger partial charge >= 0.3 is 12.4 Å². The molecule has 4 nitrogen and oxygen atoms in total. The van der Waals surface area contributed by atoms with Crippen LogP contribution in [0.25, 0.3) is 0 Å². The second-order valence-electron chi connectivity index (χ2n) is 5.26. The predicted molar refractivity (Wildman–Crippen MR) is 83.2 cm³/mol. The fourth-order valence-corrected chi connectivity index (χ4v) is 3.12. The van der Waals surface area contributed by atoms with E-state index in [9.17, 15) is 39.2 Å². The molecule has 12 heteroatoms. The molecule has 0 aliphatic carbocycles. The minimum absolute atomic E-state index is 0.101. The maximum atomic E-state index is 13.3. The number of nitrogens with one attached hydrogen (secondary N) is 2. The fourth-order valence-electron chi connectivity index (χ4n) is 2.01. The summed E-state index contributed by atoms with van der Waals surface area (Å²) >= 11 is 0. The zero-order chi connectivity index (χ0) is 20.5. The average molecular weight is 416 g/mol. The zero-order valence-corrected chi connectivity index (χ0v) is 13.9. The van der Waals surface area contributed by atoms with Crippen LogP contribution in [0.2, 0.25) is 0 Å². The molecule has 0 atom stereocenters. The lowest BCUT2D eigenvalue weighted by molar-refractivity contribution is -0.140. The number of hydrogen-bond acceptors (Lipinski definition) is 3. The van der Waals surface area contributed by atoms with Gasteiger partial charge in [-0.25, -0.2) is 12.8 Å². The van der Waals surface area contributed by atoms with Crippen molar-refractivity contribution in [3.8, 4) is 0 Å². The van der Waals surface area contributed by atoms with Crippen LogP contribution in [0.1, 0.15) is 5.56 Å². The maximum Gasteiger partial charge on any atom is 0.419 e. The van der Waals surface area contributed by atoms with Crippen LogP contribution in [0, 0.1) is 5.82 Å². The number of alkyl halides is 6. The Morgan fingerprint density at radius 3 is 2.04 bits per heavy atom. The van der Waals surface area contributed by atoms with Gasteiger partial charge in [-0.1, -0.05) is 12.1 Å². The van der Waals surface area contributed by atoms with Gasteiger partial charge in [0.15, 0.2) is 0 Å². The first-order chi connectivity index (χ1) is 12.3. The number of halogens is 7. The van der Waals surface area contributed by atoms with E-state index in [0.717, 1.165) is 12.1 Å². The molecular formula is C15H11F7N2O2S. The van der Waals surface area contributed by atoms with Crippen LogP contribution < -0.4 is 10.0 Å². The van der Waals surface area contributed by atoms with Gasteiger partial charge < -0.3 is 5.32 Å². The summed E-state index contributed by atoms with van der Waals surface area (Å²) in [7, 11) is -4.63. The van der Waals surface area contributed by atoms with E-state index in [1.807, 2.05) is 10.0 Å². The van der Waals surface area contributed by atoms with Crippen LogP contribution in [-0.2, 0) is 16.2 Å².